The Balaban J connectivity index is 0.837. The van der Waals surface area contributed by atoms with E-state index >= 15 is 0 Å². The van der Waals surface area contributed by atoms with Crippen molar-refractivity contribution in [3.8, 4) is 5.75 Å². The molecule has 0 aliphatic carbocycles. The molecule has 8 N–H and O–H groups in total. The number of carbonyl (C=O) groups excluding carboxylic acids is 8. The summed E-state index contributed by atoms with van der Waals surface area (Å²) in [5.41, 5.74) is 5.41. The van der Waals surface area contributed by atoms with Gasteiger partial charge in [-0.15, -0.1) is 11.6 Å². The maximum atomic E-state index is 14.4. The Morgan fingerprint density at radius 1 is 0.457 bits per heavy atom. The zero-order valence-electron chi connectivity index (χ0n) is 45.8. The van der Waals surface area contributed by atoms with E-state index in [9.17, 15) is 43.5 Å². The Kier molecular flexibility index (Phi) is 15.8. The number of alkyl halides is 1. The van der Waals surface area contributed by atoms with Crippen LogP contribution >= 0.6 is 11.6 Å². The third-order valence-corrected chi connectivity index (χ3v) is 14.3. The molecule has 0 saturated carbocycles. The van der Waals surface area contributed by atoms with E-state index in [1.807, 2.05) is 13.8 Å². The second-order valence-electron chi connectivity index (χ2n) is 20.1. The van der Waals surface area contributed by atoms with Gasteiger partial charge >= 0.3 is 0 Å². The van der Waals surface area contributed by atoms with Crippen molar-refractivity contribution in [3.63, 3.8) is 0 Å². The monoisotopic (exact) mass is 1120 g/mol. The normalized spacial score (nSPS) is 12.8. The molecule has 9 rings (SSSR count). The van der Waals surface area contributed by atoms with Gasteiger partial charge in [0.1, 0.15) is 39.9 Å². The van der Waals surface area contributed by atoms with Crippen LogP contribution < -0.4 is 42.1 Å². The summed E-state index contributed by atoms with van der Waals surface area (Å²) in [5, 5.41) is 32.3. The van der Waals surface area contributed by atoms with E-state index in [-0.39, 0.29) is 58.7 Å². The first-order valence-corrected chi connectivity index (χ1v) is 26.5. The smallest absolute Gasteiger partial charge is 0.274 e. The van der Waals surface area contributed by atoms with E-state index in [1.54, 1.807) is 148 Å². The molecular formula is C57H61ClN14O9. The lowest BCUT2D eigenvalue weighted by molar-refractivity contribution is -0.117. The van der Waals surface area contributed by atoms with Crippen molar-refractivity contribution in [1.29, 1.82) is 0 Å². The Bertz CT molecular complexity index is 3870. The van der Waals surface area contributed by atoms with Gasteiger partial charge in [0.15, 0.2) is 0 Å². The highest BCUT2D eigenvalue weighted by molar-refractivity contribution is 6.20. The lowest BCUT2D eigenvalue weighted by atomic mass is 9.95. The number of nitrogens with zero attached hydrogens (tertiary/aromatic N) is 7. The maximum absolute atomic E-state index is 14.4. The molecule has 0 fully saturated rings. The number of fused-ring (bicyclic) bond motifs is 3. The summed E-state index contributed by atoms with van der Waals surface area (Å²) in [6.45, 7) is 4.00. The quantitative estimate of drug-likeness (QED) is 0.0383. The number of nitrogens with one attached hydrogen (secondary N) is 7. The molecule has 0 radical (unpaired) electrons. The van der Waals surface area contributed by atoms with Crippen molar-refractivity contribution in [1.82, 2.24) is 27.4 Å². The predicted molar refractivity (Wildman–Crippen MR) is 310 cm³/mol. The van der Waals surface area contributed by atoms with Crippen molar-refractivity contribution >= 4 is 115 Å². The molecule has 7 heterocycles. The molecule has 420 valence electrons. The van der Waals surface area contributed by atoms with Gasteiger partial charge in [0.25, 0.3) is 35.4 Å². The highest BCUT2D eigenvalue weighted by Gasteiger charge is 2.36. The third-order valence-electron chi connectivity index (χ3n) is 13.9. The van der Waals surface area contributed by atoms with Gasteiger partial charge in [-0.25, -0.2) is 0 Å². The van der Waals surface area contributed by atoms with Gasteiger partial charge in [0, 0.05) is 128 Å². The summed E-state index contributed by atoms with van der Waals surface area (Å²) < 4.78 is 9.44. The van der Waals surface area contributed by atoms with Crippen LogP contribution in [0.4, 0.5) is 45.5 Å². The van der Waals surface area contributed by atoms with Crippen LogP contribution in [0, 0.1) is 0 Å². The van der Waals surface area contributed by atoms with Crippen LogP contribution in [0.2, 0.25) is 0 Å². The molecular weight excluding hydrogens is 1060 g/mol. The average molecular weight is 1120 g/mol. The Labute approximate surface area is 469 Å². The van der Waals surface area contributed by atoms with Crippen molar-refractivity contribution in [2.24, 2.45) is 42.3 Å². The summed E-state index contributed by atoms with van der Waals surface area (Å²) in [5.74, 6) is -3.43. The third kappa shape index (κ3) is 11.7. The zero-order valence-corrected chi connectivity index (χ0v) is 46.5. The molecule has 1 aliphatic rings. The number of aryl methyl sites for hydroxylation is 6. The second-order valence-corrected chi connectivity index (χ2v) is 20.4. The number of phenols is 1. The number of hydrogen-bond donors (Lipinski definition) is 8. The topological polar surface area (TPSA) is 274 Å². The molecule has 0 bridgehead atoms. The molecule has 23 nitrogen and oxygen atoms in total. The number of benzene rings is 2. The fourth-order valence-electron chi connectivity index (χ4n) is 10.0. The van der Waals surface area contributed by atoms with Gasteiger partial charge in [0.05, 0.1) is 39.8 Å². The summed E-state index contributed by atoms with van der Waals surface area (Å²) in [6, 6.07) is 15.8. The SMILES string of the molecule is CCCC(=O)Nc1cc(C(=O)Nc2cc(C(=O)Nc3cc(C(=O)Nc4ccc5c6c(cc(O)c5c4)N(C(=O)c4cc(NC(=O)c5cc(NC(=O)c7cc(NC(=O)CCC)cn7C)cn5C)cn4C)CC6CCl)n(C)c3)n(C)c2)n(C)c1. The lowest BCUT2D eigenvalue weighted by Gasteiger charge is -2.19. The molecule has 0 saturated heterocycles. The number of aromatic hydroxyl groups is 1. The number of amides is 8. The van der Waals surface area contributed by atoms with Crippen LogP contribution in [-0.4, -0.2) is 92.2 Å². The van der Waals surface area contributed by atoms with Gasteiger partial charge in [-0.2, -0.15) is 0 Å². The molecule has 81 heavy (non-hydrogen) atoms. The van der Waals surface area contributed by atoms with Gasteiger partial charge in [-0.1, -0.05) is 19.9 Å². The Morgan fingerprint density at radius 2 is 0.790 bits per heavy atom. The van der Waals surface area contributed by atoms with Crippen LogP contribution in [-0.2, 0) is 51.9 Å². The summed E-state index contributed by atoms with van der Waals surface area (Å²) in [4.78, 5) is 107. The van der Waals surface area contributed by atoms with Crippen LogP contribution in [0.5, 0.6) is 5.75 Å². The fraction of sp³-hybridized carbons (Fsp3) is 0.263. The van der Waals surface area contributed by atoms with Gasteiger partial charge in [-0.05, 0) is 72.3 Å². The van der Waals surface area contributed by atoms with Crippen LogP contribution in [0.25, 0.3) is 10.8 Å². The molecule has 24 heteroatoms. The molecule has 8 aromatic rings. The van der Waals surface area contributed by atoms with E-state index in [0.29, 0.717) is 93.3 Å². The number of phenolic OH excluding ortho intramolecular Hbond substituents is 1. The van der Waals surface area contributed by atoms with Gasteiger partial charge in [0.2, 0.25) is 11.8 Å². The fourth-order valence-corrected chi connectivity index (χ4v) is 10.3. The second kappa shape index (κ2) is 22.9. The summed E-state index contributed by atoms with van der Waals surface area (Å²) >= 11 is 6.57. The summed E-state index contributed by atoms with van der Waals surface area (Å²) in [6.07, 6.45) is 11.7. The van der Waals surface area contributed by atoms with Crippen LogP contribution in [0.1, 0.15) is 114 Å². The number of anilines is 8. The van der Waals surface area contributed by atoms with E-state index in [0.717, 1.165) is 5.56 Å². The van der Waals surface area contributed by atoms with E-state index < -0.39 is 35.4 Å². The highest BCUT2D eigenvalue weighted by Crippen LogP contribution is 2.46. The maximum Gasteiger partial charge on any atom is 0.274 e. The van der Waals surface area contributed by atoms with Crippen LogP contribution in [0.3, 0.4) is 0 Å². The number of hydrogen-bond acceptors (Lipinski definition) is 9. The van der Waals surface area contributed by atoms with E-state index in [4.69, 9.17) is 11.6 Å². The predicted octanol–water partition coefficient (Wildman–Crippen LogP) is 8.30. The minimum atomic E-state index is -0.504. The molecule has 1 aliphatic heterocycles. The molecule has 8 amide bonds. The van der Waals surface area contributed by atoms with Crippen molar-refractivity contribution < 1.29 is 43.5 Å². The number of rotatable bonds is 18. The van der Waals surface area contributed by atoms with Gasteiger partial charge in [-0.3, -0.25) is 38.4 Å². The average Bonchev–Trinajstić information content (AvgIpc) is 3.87. The van der Waals surface area contributed by atoms with E-state index in [2.05, 4.69) is 37.2 Å². The molecule has 2 aromatic carbocycles. The zero-order chi connectivity index (χ0) is 58.1. The molecule has 0 spiro atoms. The first-order chi connectivity index (χ1) is 38.6. The van der Waals surface area contributed by atoms with Crippen molar-refractivity contribution in [2.75, 3.05) is 54.5 Å². The number of halogens is 1. The molecule has 1 atom stereocenters. The van der Waals surface area contributed by atoms with Crippen molar-refractivity contribution in [2.45, 2.75) is 45.4 Å². The minimum absolute atomic E-state index is 0.149. The lowest BCUT2D eigenvalue weighted by Crippen LogP contribution is -2.31. The largest absolute Gasteiger partial charge is 0.507 e. The first kappa shape index (κ1) is 56.0. The van der Waals surface area contributed by atoms with Crippen molar-refractivity contribution in [3.05, 3.63) is 138 Å². The Hall–Kier alpha value is -9.77. The standard InChI is InChI=1S/C57H61ClN14O9/c1-9-11-49(74)59-33-16-42(66(3)25-33)53(77)62-36-19-45(69(6)28-36)55(79)64-35-18-44(68(5)27-35)52(76)61-32-13-14-39-40(15-32)48(73)22-41-51(39)31(23-58)24-72(41)57(81)47-21-38(30-71(47)8)65-56(80)46-20-37(29-70(46)7)63-54(78)43-17-34(26-67(43)4)60-50(75)12-10-2/h13-22,25-31,73H,9-12,23-24H2,1-8H3,(H,59,74)(H,60,75)(H,61,76)(H,62,77)(H,63,78)(H,64,79)(H,65,80). The molecule has 1 unspecified atom stereocenters. The Morgan fingerprint density at radius 3 is 1.15 bits per heavy atom. The highest BCUT2D eigenvalue weighted by atomic mass is 35.5. The first-order valence-electron chi connectivity index (χ1n) is 25.9. The van der Waals surface area contributed by atoms with Crippen LogP contribution in [0.15, 0.2) is 97.8 Å². The number of aromatic nitrogens is 6. The van der Waals surface area contributed by atoms with E-state index in [1.165, 1.54) is 24.3 Å². The minimum Gasteiger partial charge on any atom is -0.507 e. The molecule has 6 aromatic heterocycles. The van der Waals surface area contributed by atoms with Gasteiger partial charge < -0.3 is 74.6 Å². The number of carbonyl (C=O) groups is 8. The summed E-state index contributed by atoms with van der Waals surface area (Å²) in [7, 11) is 10.0.